The predicted octanol–water partition coefficient (Wildman–Crippen LogP) is 3.12. The molecular formula is C16H24N2O3. The van der Waals surface area contributed by atoms with Crippen molar-refractivity contribution in [3.63, 3.8) is 0 Å². The molecule has 0 aliphatic heterocycles. The Labute approximate surface area is 126 Å². The molecule has 1 amide bonds. The molecule has 0 unspecified atom stereocenters. The highest BCUT2D eigenvalue weighted by Crippen LogP contribution is 2.26. The SMILES string of the molecule is COc1ccc(N[C@H]2CCCC[C@@H]2OC(=O)N(C)C)cc1. The normalized spacial score (nSPS) is 21.5. The van der Waals surface area contributed by atoms with E-state index in [2.05, 4.69) is 5.32 Å². The lowest BCUT2D eigenvalue weighted by Gasteiger charge is -2.33. The van der Waals surface area contributed by atoms with Crippen molar-refractivity contribution in [3.8, 4) is 5.75 Å². The standard InChI is InChI=1S/C16H24N2O3/c1-18(2)16(19)21-15-7-5-4-6-14(15)17-12-8-10-13(20-3)11-9-12/h8-11,14-15,17H,4-7H2,1-3H3/t14-,15-/m0/s1. The van der Waals surface area contributed by atoms with Crippen LogP contribution in [0.3, 0.4) is 0 Å². The summed E-state index contributed by atoms with van der Waals surface area (Å²) in [4.78, 5) is 13.2. The van der Waals surface area contributed by atoms with Gasteiger partial charge in [0.25, 0.3) is 0 Å². The first kappa shape index (κ1) is 15.5. The van der Waals surface area contributed by atoms with Gasteiger partial charge in [-0.3, -0.25) is 0 Å². The second-order valence-electron chi connectivity index (χ2n) is 5.58. The van der Waals surface area contributed by atoms with Crippen molar-refractivity contribution >= 4 is 11.8 Å². The van der Waals surface area contributed by atoms with Crippen molar-refractivity contribution in [2.75, 3.05) is 26.5 Å². The summed E-state index contributed by atoms with van der Waals surface area (Å²) in [6, 6.07) is 7.98. The Hall–Kier alpha value is -1.91. The van der Waals surface area contributed by atoms with Gasteiger partial charge in [0.05, 0.1) is 13.2 Å². The number of hydrogen-bond donors (Lipinski definition) is 1. The highest BCUT2D eigenvalue weighted by molar-refractivity contribution is 5.67. The number of benzene rings is 1. The van der Waals surface area contributed by atoms with E-state index in [4.69, 9.17) is 9.47 Å². The van der Waals surface area contributed by atoms with E-state index in [1.807, 2.05) is 24.3 Å². The molecule has 5 heteroatoms. The van der Waals surface area contributed by atoms with Gasteiger partial charge in [0.2, 0.25) is 0 Å². The van der Waals surface area contributed by atoms with Crippen molar-refractivity contribution in [2.45, 2.75) is 37.8 Å². The van der Waals surface area contributed by atoms with Gasteiger partial charge in [-0.15, -0.1) is 0 Å². The van der Waals surface area contributed by atoms with Crippen LogP contribution in [0.25, 0.3) is 0 Å². The van der Waals surface area contributed by atoms with Gasteiger partial charge in [-0.1, -0.05) is 6.42 Å². The first-order valence-electron chi connectivity index (χ1n) is 7.38. The Morgan fingerprint density at radius 1 is 1.19 bits per heavy atom. The third kappa shape index (κ3) is 4.28. The predicted molar refractivity (Wildman–Crippen MR) is 82.8 cm³/mol. The van der Waals surface area contributed by atoms with Gasteiger partial charge in [-0.2, -0.15) is 0 Å². The molecule has 0 saturated heterocycles. The third-order valence-electron chi connectivity index (χ3n) is 3.76. The zero-order valence-corrected chi connectivity index (χ0v) is 13.0. The van der Waals surface area contributed by atoms with E-state index in [1.54, 1.807) is 21.2 Å². The summed E-state index contributed by atoms with van der Waals surface area (Å²) >= 11 is 0. The Bertz CT molecular complexity index is 459. The van der Waals surface area contributed by atoms with Gasteiger partial charge in [-0.05, 0) is 43.5 Å². The lowest BCUT2D eigenvalue weighted by molar-refractivity contribution is 0.0491. The first-order valence-corrected chi connectivity index (χ1v) is 7.38. The minimum atomic E-state index is -0.275. The number of nitrogens with one attached hydrogen (secondary N) is 1. The fraction of sp³-hybridized carbons (Fsp3) is 0.562. The fourth-order valence-electron chi connectivity index (χ4n) is 2.54. The molecule has 1 aromatic carbocycles. The highest BCUT2D eigenvalue weighted by Gasteiger charge is 2.28. The van der Waals surface area contributed by atoms with Crippen LogP contribution in [0.5, 0.6) is 5.75 Å². The maximum atomic E-state index is 11.8. The highest BCUT2D eigenvalue weighted by atomic mass is 16.6. The van der Waals surface area contributed by atoms with Crippen LogP contribution in [-0.2, 0) is 4.74 Å². The number of nitrogens with zero attached hydrogens (tertiary/aromatic N) is 1. The van der Waals surface area contributed by atoms with E-state index in [0.717, 1.165) is 37.1 Å². The lowest BCUT2D eigenvalue weighted by Crippen LogP contribution is -2.41. The average molecular weight is 292 g/mol. The summed E-state index contributed by atoms with van der Waals surface area (Å²) < 4.78 is 10.7. The second kappa shape index (κ2) is 7.20. The molecule has 21 heavy (non-hydrogen) atoms. The zero-order valence-electron chi connectivity index (χ0n) is 13.0. The summed E-state index contributed by atoms with van der Waals surface area (Å²) in [5, 5.41) is 3.48. The minimum absolute atomic E-state index is 0.0734. The number of anilines is 1. The molecule has 1 N–H and O–H groups in total. The molecule has 1 aliphatic carbocycles. The van der Waals surface area contributed by atoms with Gasteiger partial charge in [-0.25, -0.2) is 4.79 Å². The summed E-state index contributed by atoms with van der Waals surface area (Å²) in [6.07, 6.45) is 3.83. The molecule has 1 fully saturated rings. The molecule has 1 aliphatic rings. The minimum Gasteiger partial charge on any atom is -0.497 e. The molecule has 0 radical (unpaired) electrons. The molecule has 0 aromatic heterocycles. The number of ether oxygens (including phenoxy) is 2. The number of methoxy groups -OCH3 is 1. The van der Waals surface area contributed by atoms with Gasteiger partial charge in [0.1, 0.15) is 11.9 Å². The number of rotatable bonds is 4. The quantitative estimate of drug-likeness (QED) is 0.926. The molecule has 1 saturated carbocycles. The van der Waals surface area contributed by atoms with E-state index in [9.17, 15) is 4.79 Å². The average Bonchev–Trinajstić information content (AvgIpc) is 2.50. The molecule has 2 rings (SSSR count). The Kier molecular flexibility index (Phi) is 5.31. The zero-order chi connectivity index (χ0) is 15.2. The third-order valence-corrected chi connectivity index (χ3v) is 3.76. The van der Waals surface area contributed by atoms with E-state index >= 15 is 0 Å². The smallest absolute Gasteiger partial charge is 0.409 e. The Balaban J connectivity index is 1.99. The first-order chi connectivity index (χ1) is 10.1. The Morgan fingerprint density at radius 2 is 1.86 bits per heavy atom. The molecular weight excluding hydrogens is 268 g/mol. The Morgan fingerprint density at radius 3 is 2.48 bits per heavy atom. The van der Waals surface area contributed by atoms with Crippen molar-refractivity contribution in [3.05, 3.63) is 24.3 Å². The van der Waals surface area contributed by atoms with E-state index in [1.165, 1.54) is 4.90 Å². The summed E-state index contributed by atoms with van der Waals surface area (Å²) in [7, 11) is 5.06. The maximum Gasteiger partial charge on any atom is 0.409 e. The maximum absolute atomic E-state index is 11.8. The molecule has 0 spiro atoms. The van der Waals surface area contributed by atoms with Crippen LogP contribution in [-0.4, -0.2) is 44.3 Å². The fourth-order valence-corrected chi connectivity index (χ4v) is 2.54. The summed E-state index contributed by atoms with van der Waals surface area (Å²) in [6.45, 7) is 0. The van der Waals surface area contributed by atoms with Crippen LogP contribution < -0.4 is 10.1 Å². The molecule has 0 heterocycles. The monoisotopic (exact) mass is 292 g/mol. The van der Waals surface area contributed by atoms with E-state index < -0.39 is 0 Å². The summed E-state index contributed by atoms with van der Waals surface area (Å²) in [5.41, 5.74) is 1.02. The topological polar surface area (TPSA) is 50.8 Å². The van der Waals surface area contributed by atoms with Crippen molar-refractivity contribution < 1.29 is 14.3 Å². The number of amides is 1. The number of carbonyl (C=O) groups excluding carboxylic acids is 1. The molecule has 116 valence electrons. The largest absolute Gasteiger partial charge is 0.497 e. The lowest BCUT2D eigenvalue weighted by atomic mass is 9.92. The van der Waals surface area contributed by atoms with Crippen molar-refractivity contribution in [1.82, 2.24) is 4.90 Å². The molecule has 5 nitrogen and oxygen atoms in total. The van der Waals surface area contributed by atoms with Crippen LogP contribution in [0.15, 0.2) is 24.3 Å². The number of carbonyl (C=O) groups is 1. The van der Waals surface area contributed by atoms with Crippen LogP contribution in [0, 0.1) is 0 Å². The van der Waals surface area contributed by atoms with Crippen molar-refractivity contribution in [2.24, 2.45) is 0 Å². The van der Waals surface area contributed by atoms with Crippen LogP contribution in [0.1, 0.15) is 25.7 Å². The van der Waals surface area contributed by atoms with E-state index in [-0.39, 0.29) is 18.2 Å². The van der Waals surface area contributed by atoms with Gasteiger partial charge >= 0.3 is 6.09 Å². The van der Waals surface area contributed by atoms with Crippen molar-refractivity contribution in [1.29, 1.82) is 0 Å². The van der Waals surface area contributed by atoms with Gasteiger partial charge in [0, 0.05) is 19.8 Å². The second-order valence-corrected chi connectivity index (χ2v) is 5.58. The molecule has 0 bridgehead atoms. The molecule has 2 atom stereocenters. The molecule has 1 aromatic rings. The van der Waals surface area contributed by atoms with Crippen LogP contribution in [0.2, 0.25) is 0 Å². The van der Waals surface area contributed by atoms with E-state index in [0.29, 0.717) is 0 Å². The summed E-state index contributed by atoms with van der Waals surface area (Å²) in [5.74, 6) is 0.833. The van der Waals surface area contributed by atoms with Gasteiger partial charge in [0.15, 0.2) is 0 Å². The van der Waals surface area contributed by atoms with Crippen LogP contribution >= 0.6 is 0 Å². The van der Waals surface area contributed by atoms with Crippen LogP contribution in [0.4, 0.5) is 10.5 Å². The number of hydrogen-bond acceptors (Lipinski definition) is 4. The van der Waals surface area contributed by atoms with Gasteiger partial charge < -0.3 is 19.7 Å².